The summed E-state index contributed by atoms with van der Waals surface area (Å²) < 4.78 is 0. The Morgan fingerprint density at radius 3 is 2.44 bits per heavy atom. The second kappa shape index (κ2) is 7.39. The molecule has 0 aliphatic carbocycles. The topological polar surface area (TPSA) is 26.7 Å². The SMILES string of the molecule is CCN(CCCN(C)C)c1ccc(C)cc1CO. The number of aryl methyl sites for hydroxylation is 1. The van der Waals surface area contributed by atoms with E-state index >= 15 is 0 Å². The van der Waals surface area contributed by atoms with Crippen molar-refractivity contribution in [3.05, 3.63) is 29.3 Å². The van der Waals surface area contributed by atoms with Crippen molar-refractivity contribution in [2.24, 2.45) is 0 Å². The van der Waals surface area contributed by atoms with Crippen LogP contribution in [0.3, 0.4) is 0 Å². The average Bonchev–Trinajstić information content (AvgIpc) is 2.34. The van der Waals surface area contributed by atoms with Crippen LogP contribution in [0.15, 0.2) is 18.2 Å². The Morgan fingerprint density at radius 1 is 1.17 bits per heavy atom. The molecule has 1 N–H and O–H groups in total. The molecular formula is C15H26N2O. The minimum absolute atomic E-state index is 0.112. The fourth-order valence-corrected chi connectivity index (χ4v) is 2.18. The molecule has 0 amide bonds. The number of hydrogen-bond donors (Lipinski definition) is 1. The summed E-state index contributed by atoms with van der Waals surface area (Å²) in [6.07, 6.45) is 1.14. The summed E-state index contributed by atoms with van der Waals surface area (Å²) in [4.78, 5) is 4.55. The summed E-state index contributed by atoms with van der Waals surface area (Å²) in [5.74, 6) is 0. The van der Waals surface area contributed by atoms with Gasteiger partial charge in [-0.05, 0) is 47.0 Å². The van der Waals surface area contributed by atoms with Gasteiger partial charge in [0.2, 0.25) is 0 Å². The predicted molar refractivity (Wildman–Crippen MR) is 78.2 cm³/mol. The highest BCUT2D eigenvalue weighted by atomic mass is 16.3. The van der Waals surface area contributed by atoms with E-state index in [-0.39, 0.29) is 6.61 Å². The van der Waals surface area contributed by atoms with Crippen molar-refractivity contribution < 1.29 is 5.11 Å². The Morgan fingerprint density at radius 2 is 1.89 bits per heavy atom. The van der Waals surface area contributed by atoms with E-state index in [0.29, 0.717) is 0 Å². The van der Waals surface area contributed by atoms with E-state index < -0.39 is 0 Å². The van der Waals surface area contributed by atoms with Crippen molar-refractivity contribution in [1.29, 1.82) is 0 Å². The van der Waals surface area contributed by atoms with Gasteiger partial charge in [-0.1, -0.05) is 17.7 Å². The van der Waals surface area contributed by atoms with Crippen molar-refractivity contribution in [3.63, 3.8) is 0 Å². The first kappa shape index (κ1) is 15.0. The van der Waals surface area contributed by atoms with Gasteiger partial charge >= 0.3 is 0 Å². The normalized spacial score (nSPS) is 11.0. The van der Waals surface area contributed by atoms with Gasteiger partial charge in [0, 0.05) is 24.3 Å². The molecule has 0 heterocycles. The Labute approximate surface area is 111 Å². The molecule has 102 valence electrons. The molecule has 0 radical (unpaired) electrons. The van der Waals surface area contributed by atoms with Crippen LogP contribution < -0.4 is 4.90 Å². The number of aliphatic hydroxyl groups is 1. The van der Waals surface area contributed by atoms with Crippen molar-refractivity contribution in [2.45, 2.75) is 26.9 Å². The van der Waals surface area contributed by atoms with E-state index in [1.54, 1.807) is 0 Å². The van der Waals surface area contributed by atoms with Gasteiger partial charge in [0.1, 0.15) is 0 Å². The van der Waals surface area contributed by atoms with Gasteiger partial charge in [-0.3, -0.25) is 0 Å². The van der Waals surface area contributed by atoms with E-state index in [0.717, 1.165) is 31.6 Å². The number of hydrogen-bond acceptors (Lipinski definition) is 3. The first-order valence-corrected chi connectivity index (χ1v) is 6.68. The molecule has 0 atom stereocenters. The highest BCUT2D eigenvalue weighted by Gasteiger charge is 2.09. The molecular weight excluding hydrogens is 224 g/mol. The molecule has 0 saturated heterocycles. The fourth-order valence-electron chi connectivity index (χ4n) is 2.18. The first-order valence-electron chi connectivity index (χ1n) is 6.68. The highest BCUT2D eigenvalue weighted by molar-refractivity contribution is 5.54. The molecule has 0 aromatic heterocycles. The number of rotatable bonds is 7. The fraction of sp³-hybridized carbons (Fsp3) is 0.600. The Hall–Kier alpha value is -1.06. The summed E-state index contributed by atoms with van der Waals surface area (Å²) in [5.41, 5.74) is 3.40. The van der Waals surface area contributed by atoms with Crippen LogP contribution in [0.1, 0.15) is 24.5 Å². The molecule has 0 bridgehead atoms. The van der Waals surface area contributed by atoms with E-state index in [2.05, 4.69) is 55.9 Å². The number of anilines is 1. The highest BCUT2D eigenvalue weighted by Crippen LogP contribution is 2.22. The van der Waals surface area contributed by atoms with E-state index in [4.69, 9.17) is 0 Å². The Balaban J connectivity index is 2.75. The van der Waals surface area contributed by atoms with Crippen LogP contribution in [0.5, 0.6) is 0 Å². The summed E-state index contributed by atoms with van der Waals surface area (Å²) in [6.45, 7) is 7.44. The van der Waals surface area contributed by atoms with Crippen molar-refractivity contribution in [2.75, 3.05) is 38.6 Å². The Kier molecular flexibility index (Phi) is 6.16. The maximum absolute atomic E-state index is 9.47. The van der Waals surface area contributed by atoms with E-state index in [1.165, 1.54) is 11.3 Å². The maximum atomic E-state index is 9.47. The number of aliphatic hydroxyl groups excluding tert-OH is 1. The molecule has 1 aromatic rings. The molecule has 0 spiro atoms. The third-order valence-electron chi connectivity index (χ3n) is 3.16. The van der Waals surface area contributed by atoms with Gasteiger partial charge in [-0.15, -0.1) is 0 Å². The molecule has 0 aliphatic heterocycles. The van der Waals surface area contributed by atoms with Gasteiger partial charge in [-0.25, -0.2) is 0 Å². The molecule has 3 heteroatoms. The van der Waals surface area contributed by atoms with Gasteiger partial charge in [0.05, 0.1) is 6.61 Å². The lowest BCUT2D eigenvalue weighted by molar-refractivity contribution is 0.282. The van der Waals surface area contributed by atoms with Crippen LogP contribution >= 0.6 is 0 Å². The van der Waals surface area contributed by atoms with E-state index in [9.17, 15) is 5.11 Å². The molecule has 3 nitrogen and oxygen atoms in total. The third-order valence-corrected chi connectivity index (χ3v) is 3.16. The Bertz CT molecular complexity index is 364. The van der Waals surface area contributed by atoms with E-state index in [1.807, 2.05) is 0 Å². The zero-order valence-corrected chi connectivity index (χ0v) is 12.1. The summed E-state index contributed by atoms with van der Waals surface area (Å²) >= 11 is 0. The largest absolute Gasteiger partial charge is 0.392 e. The maximum Gasteiger partial charge on any atom is 0.0702 e. The standard InChI is InChI=1S/C15H26N2O/c1-5-17(10-6-9-16(3)4)15-8-7-13(2)11-14(15)12-18/h7-8,11,18H,5-6,9-10,12H2,1-4H3. The number of benzene rings is 1. The smallest absolute Gasteiger partial charge is 0.0702 e. The monoisotopic (exact) mass is 250 g/mol. The predicted octanol–water partition coefficient (Wildman–Crippen LogP) is 2.27. The summed E-state index contributed by atoms with van der Waals surface area (Å²) in [5, 5.41) is 9.47. The lowest BCUT2D eigenvalue weighted by Gasteiger charge is -2.26. The van der Waals surface area contributed by atoms with Crippen LogP contribution in [0.25, 0.3) is 0 Å². The average molecular weight is 250 g/mol. The van der Waals surface area contributed by atoms with Gasteiger partial charge in [0.15, 0.2) is 0 Å². The van der Waals surface area contributed by atoms with Crippen molar-refractivity contribution >= 4 is 5.69 Å². The molecule has 0 fully saturated rings. The lowest BCUT2D eigenvalue weighted by Crippen LogP contribution is -2.27. The molecule has 0 saturated carbocycles. The molecule has 0 unspecified atom stereocenters. The number of nitrogens with zero attached hydrogens (tertiary/aromatic N) is 2. The van der Waals surface area contributed by atoms with Crippen molar-refractivity contribution in [3.8, 4) is 0 Å². The summed E-state index contributed by atoms with van der Waals surface area (Å²) in [6, 6.07) is 6.31. The molecule has 1 rings (SSSR count). The van der Waals surface area contributed by atoms with Crippen LogP contribution in [-0.4, -0.2) is 43.7 Å². The second-order valence-electron chi connectivity index (χ2n) is 5.03. The summed E-state index contributed by atoms with van der Waals surface area (Å²) in [7, 11) is 4.20. The molecule has 1 aromatic carbocycles. The van der Waals surface area contributed by atoms with Crippen LogP contribution in [0.4, 0.5) is 5.69 Å². The van der Waals surface area contributed by atoms with Crippen LogP contribution in [0.2, 0.25) is 0 Å². The van der Waals surface area contributed by atoms with Crippen LogP contribution in [-0.2, 0) is 6.61 Å². The zero-order valence-electron chi connectivity index (χ0n) is 12.1. The first-order chi connectivity index (χ1) is 8.58. The van der Waals surface area contributed by atoms with Crippen molar-refractivity contribution in [1.82, 2.24) is 4.90 Å². The van der Waals surface area contributed by atoms with Gasteiger partial charge in [-0.2, -0.15) is 0 Å². The minimum Gasteiger partial charge on any atom is -0.392 e. The zero-order chi connectivity index (χ0) is 13.5. The van der Waals surface area contributed by atoms with Gasteiger partial charge < -0.3 is 14.9 Å². The van der Waals surface area contributed by atoms with Crippen LogP contribution in [0, 0.1) is 6.92 Å². The molecule has 18 heavy (non-hydrogen) atoms. The third kappa shape index (κ3) is 4.31. The molecule has 0 aliphatic rings. The second-order valence-corrected chi connectivity index (χ2v) is 5.03. The van der Waals surface area contributed by atoms with Gasteiger partial charge in [0.25, 0.3) is 0 Å². The quantitative estimate of drug-likeness (QED) is 0.804. The lowest BCUT2D eigenvalue weighted by atomic mass is 10.1. The minimum atomic E-state index is 0.112.